The Morgan fingerprint density at radius 2 is 1.80 bits per heavy atom. The van der Waals surface area contributed by atoms with E-state index in [1.807, 2.05) is 0 Å². The molecule has 20 heavy (non-hydrogen) atoms. The van der Waals surface area contributed by atoms with Gasteiger partial charge in [-0.15, -0.1) is 0 Å². The first-order valence-corrected chi connectivity index (χ1v) is 6.69. The van der Waals surface area contributed by atoms with Crippen LogP contribution in [0.2, 0.25) is 0 Å². The Kier molecular flexibility index (Phi) is 6.76. The fourth-order valence-corrected chi connectivity index (χ4v) is 1.78. The Morgan fingerprint density at radius 3 is 2.35 bits per heavy atom. The average molecular weight is 286 g/mol. The summed E-state index contributed by atoms with van der Waals surface area (Å²) in [5, 5.41) is 11.2. The van der Waals surface area contributed by atoms with Crippen molar-refractivity contribution in [1.82, 2.24) is 0 Å². The van der Waals surface area contributed by atoms with Crippen molar-refractivity contribution in [3.8, 4) is 5.75 Å². The molecule has 0 unspecified atom stereocenters. The van der Waals surface area contributed by atoms with Crippen LogP contribution < -0.4 is 10.5 Å². The zero-order valence-electron chi connectivity index (χ0n) is 11.5. The molecule has 0 radical (unpaired) electrons. The number of rotatable bonds is 8. The Morgan fingerprint density at radius 1 is 1.20 bits per heavy atom. The molecule has 4 nitrogen and oxygen atoms in total. The smallest absolute Gasteiger partial charge is 0.190 e. The summed E-state index contributed by atoms with van der Waals surface area (Å²) < 4.78 is 32.5. The largest absolute Gasteiger partial charge is 0.488 e. The Hall–Kier alpha value is -1.85. The van der Waals surface area contributed by atoms with Crippen LogP contribution in [0.4, 0.5) is 8.78 Å². The van der Waals surface area contributed by atoms with Crippen molar-refractivity contribution in [2.45, 2.75) is 39.0 Å². The molecule has 0 spiro atoms. The van der Waals surface area contributed by atoms with Crippen LogP contribution in [0.5, 0.6) is 5.75 Å². The van der Waals surface area contributed by atoms with E-state index in [0.29, 0.717) is 0 Å². The number of amidine groups is 1. The van der Waals surface area contributed by atoms with E-state index in [-0.39, 0.29) is 18.0 Å². The molecule has 0 fully saturated rings. The van der Waals surface area contributed by atoms with Crippen molar-refractivity contribution in [3.05, 3.63) is 29.3 Å². The van der Waals surface area contributed by atoms with E-state index < -0.39 is 17.4 Å². The lowest BCUT2D eigenvalue weighted by Crippen LogP contribution is -2.14. The summed E-state index contributed by atoms with van der Waals surface area (Å²) >= 11 is 0. The van der Waals surface area contributed by atoms with Crippen molar-refractivity contribution in [3.63, 3.8) is 0 Å². The molecule has 6 heteroatoms. The highest BCUT2D eigenvalue weighted by molar-refractivity contribution is 5.97. The van der Waals surface area contributed by atoms with E-state index in [1.165, 1.54) is 0 Å². The van der Waals surface area contributed by atoms with Crippen LogP contribution in [0.15, 0.2) is 17.3 Å². The first-order valence-electron chi connectivity index (χ1n) is 6.69. The highest BCUT2D eigenvalue weighted by atomic mass is 19.1. The fourth-order valence-electron chi connectivity index (χ4n) is 1.78. The Bertz CT molecular complexity index is 441. The zero-order chi connectivity index (χ0) is 15.0. The molecule has 1 aromatic carbocycles. The average Bonchev–Trinajstić information content (AvgIpc) is 2.43. The zero-order valence-corrected chi connectivity index (χ0v) is 11.5. The normalized spacial score (nSPS) is 11.7. The Labute approximate surface area is 117 Å². The molecule has 0 aliphatic rings. The predicted molar refractivity (Wildman–Crippen MR) is 73.1 cm³/mol. The molecule has 0 aromatic heterocycles. The number of hydrogen-bond acceptors (Lipinski definition) is 3. The third kappa shape index (κ3) is 4.68. The van der Waals surface area contributed by atoms with E-state index in [2.05, 4.69) is 12.1 Å². The highest BCUT2D eigenvalue weighted by Crippen LogP contribution is 2.23. The van der Waals surface area contributed by atoms with Gasteiger partial charge in [-0.25, -0.2) is 8.78 Å². The number of benzene rings is 1. The molecule has 0 aliphatic heterocycles. The Balaban J connectivity index is 2.58. The SMILES string of the molecule is CCCCCCCOc1c(F)cc(C(N)=NO)cc1F. The van der Waals surface area contributed by atoms with Crippen LogP contribution in [0.1, 0.15) is 44.6 Å². The number of oxime groups is 1. The summed E-state index contributed by atoms with van der Waals surface area (Å²) in [5.41, 5.74) is 5.25. The monoisotopic (exact) mass is 286 g/mol. The van der Waals surface area contributed by atoms with Crippen molar-refractivity contribution in [2.75, 3.05) is 6.61 Å². The number of nitrogens with zero attached hydrogens (tertiary/aromatic N) is 1. The van der Waals surface area contributed by atoms with Gasteiger partial charge < -0.3 is 15.7 Å². The topological polar surface area (TPSA) is 67.8 Å². The van der Waals surface area contributed by atoms with E-state index in [9.17, 15) is 8.78 Å². The number of nitrogens with two attached hydrogens (primary N) is 1. The molecular formula is C14H20F2N2O2. The predicted octanol–water partition coefficient (Wildman–Crippen LogP) is 3.41. The van der Waals surface area contributed by atoms with Gasteiger partial charge in [0.15, 0.2) is 23.2 Å². The fraction of sp³-hybridized carbons (Fsp3) is 0.500. The van der Waals surface area contributed by atoms with Crippen molar-refractivity contribution >= 4 is 5.84 Å². The molecule has 0 heterocycles. The van der Waals surface area contributed by atoms with Gasteiger partial charge in [0.25, 0.3) is 0 Å². The van der Waals surface area contributed by atoms with Crippen molar-refractivity contribution < 1.29 is 18.7 Å². The molecule has 0 bridgehead atoms. The first-order chi connectivity index (χ1) is 9.60. The number of hydrogen-bond donors (Lipinski definition) is 2. The lowest BCUT2D eigenvalue weighted by Gasteiger charge is -2.09. The molecule has 0 aliphatic carbocycles. The van der Waals surface area contributed by atoms with Gasteiger partial charge in [-0.1, -0.05) is 37.8 Å². The number of ether oxygens (including phenoxy) is 1. The third-order valence-electron chi connectivity index (χ3n) is 2.90. The van der Waals surface area contributed by atoms with Crippen LogP contribution in [0.25, 0.3) is 0 Å². The molecular weight excluding hydrogens is 266 g/mol. The van der Waals surface area contributed by atoms with Gasteiger partial charge in [-0.3, -0.25) is 0 Å². The summed E-state index contributed by atoms with van der Waals surface area (Å²) in [6.07, 6.45) is 5.10. The molecule has 112 valence electrons. The summed E-state index contributed by atoms with van der Waals surface area (Å²) in [6, 6.07) is 1.95. The summed E-state index contributed by atoms with van der Waals surface area (Å²) in [5.74, 6) is -2.50. The second kappa shape index (κ2) is 8.35. The quantitative estimate of drug-likeness (QED) is 0.253. The van der Waals surface area contributed by atoms with Crippen LogP contribution >= 0.6 is 0 Å². The summed E-state index contributed by atoms with van der Waals surface area (Å²) in [6.45, 7) is 2.38. The van der Waals surface area contributed by atoms with Gasteiger partial charge in [0.05, 0.1) is 6.61 Å². The second-order valence-corrected chi connectivity index (χ2v) is 4.52. The maximum Gasteiger partial charge on any atom is 0.190 e. The molecule has 0 saturated carbocycles. The van der Waals surface area contributed by atoms with Crippen LogP contribution in [0.3, 0.4) is 0 Å². The van der Waals surface area contributed by atoms with E-state index in [4.69, 9.17) is 15.7 Å². The molecule has 1 aromatic rings. The van der Waals surface area contributed by atoms with Gasteiger partial charge in [-0.2, -0.15) is 0 Å². The first kappa shape index (κ1) is 16.2. The summed E-state index contributed by atoms with van der Waals surface area (Å²) in [4.78, 5) is 0. The van der Waals surface area contributed by atoms with Crippen molar-refractivity contribution in [1.29, 1.82) is 0 Å². The van der Waals surface area contributed by atoms with E-state index >= 15 is 0 Å². The van der Waals surface area contributed by atoms with Crippen LogP contribution in [-0.4, -0.2) is 17.6 Å². The minimum absolute atomic E-state index is 0.0298. The van der Waals surface area contributed by atoms with Gasteiger partial charge in [0.1, 0.15) is 0 Å². The minimum Gasteiger partial charge on any atom is -0.488 e. The highest BCUT2D eigenvalue weighted by Gasteiger charge is 2.14. The van der Waals surface area contributed by atoms with Gasteiger partial charge >= 0.3 is 0 Å². The molecule has 0 saturated heterocycles. The second-order valence-electron chi connectivity index (χ2n) is 4.52. The molecule has 1 rings (SSSR count). The lowest BCUT2D eigenvalue weighted by atomic mass is 10.1. The van der Waals surface area contributed by atoms with Gasteiger partial charge in [0.2, 0.25) is 0 Å². The molecule has 0 atom stereocenters. The maximum absolute atomic E-state index is 13.7. The van der Waals surface area contributed by atoms with Gasteiger partial charge in [0, 0.05) is 5.56 Å². The van der Waals surface area contributed by atoms with E-state index in [1.54, 1.807) is 0 Å². The minimum atomic E-state index is -0.861. The lowest BCUT2D eigenvalue weighted by molar-refractivity contribution is 0.275. The maximum atomic E-state index is 13.7. The number of unbranched alkanes of at least 4 members (excludes halogenated alkanes) is 4. The summed E-state index contributed by atoms with van der Waals surface area (Å²) in [7, 11) is 0. The standard InChI is InChI=1S/C14H20F2N2O2/c1-2-3-4-5-6-7-20-13-11(15)8-10(9-12(13)16)14(17)18-19/h8-9,19H,2-7H2,1H3,(H2,17,18). The molecule has 0 amide bonds. The number of halogens is 2. The van der Waals surface area contributed by atoms with E-state index in [0.717, 1.165) is 44.2 Å². The molecule has 3 N–H and O–H groups in total. The van der Waals surface area contributed by atoms with Crippen LogP contribution in [-0.2, 0) is 0 Å². The van der Waals surface area contributed by atoms with Crippen LogP contribution in [0, 0.1) is 11.6 Å². The third-order valence-corrected chi connectivity index (χ3v) is 2.90. The van der Waals surface area contributed by atoms with Crippen molar-refractivity contribution in [2.24, 2.45) is 10.9 Å². The van der Waals surface area contributed by atoms with Gasteiger partial charge in [-0.05, 0) is 18.6 Å².